The quantitative estimate of drug-likeness (QED) is 0.832. The van der Waals surface area contributed by atoms with Gasteiger partial charge in [0.05, 0.1) is 6.04 Å². The lowest BCUT2D eigenvalue weighted by molar-refractivity contribution is 0.470. The zero-order chi connectivity index (χ0) is 13.8. The Balaban J connectivity index is 2.24. The highest BCUT2D eigenvalue weighted by Gasteiger charge is 2.15. The van der Waals surface area contributed by atoms with Gasteiger partial charge in [0.25, 0.3) is 0 Å². The zero-order valence-electron chi connectivity index (χ0n) is 11.0. The van der Waals surface area contributed by atoms with Crippen LogP contribution in [0.2, 0.25) is 0 Å². The molecule has 0 aliphatic heterocycles. The van der Waals surface area contributed by atoms with E-state index in [1.165, 1.54) is 0 Å². The molecule has 0 radical (unpaired) electrons. The summed E-state index contributed by atoms with van der Waals surface area (Å²) in [6, 6.07) is 7.54. The van der Waals surface area contributed by atoms with Gasteiger partial charge < -0.3 is 5.73 Å². The molecule has 2 unspecified atom stereocenters. The largest absolute Gasteiger partial charge is 0.399 e. The van der Waals surface area contributed by atoms with E-state index in [9.17, 15) is 4.21 Å². The summed E-state index contributed by atoms with van der Waals surface area (Å²) < 4.78 is 12.9. The van der Waals surface area contributed by atoms with Gasteiger partial charge in [-0.3, -0.25) is 4.21 Å². The average molecular weight is 279 g/mol. The minimum Gasteiger partial charge on any atom is -0.399 e. The van der Waals surface area contributed by atoms with Crippen LogP contribution in [0.5, 0.6) is 0 Å². The van der Waals surface area contributed by atoms with Gasteiger partial charge >= 0.3 is 0 Å². The Kier molecular flexibility index (Phi) is 4.26. The van der Waals surface area contributed by atoms with E-state index in [0.29, 0.717) is 17.3 Å². The van der Waals surface area contributed by atoms with Crippen LogP contribution in [0.25, 0.3) is 11.4 Å². The molecule has 2 N–H and O–H groups in total. The summed E-state index contributed by atoms with van der Waals surface area (Å²) in [6.45, 7) is 2.01. The molecule has 0 bridgehead atoms. The number of hydrogen-bond acceptors (Lipinski definition) is 5. The van der Waals surface area contributed by atoms with Crippen molar-refractivity contribution in [2.75, 3.05) is 17.7 Å². The van der Waals surface area contributed by atoms with E-state index >= 15 is 0 Å². The van der Waals surface area contributed by atoms with E-state index in [2.05, 4.69) is 15.5 Å². The van der Waals surface area contributed by atoms with Crippen LogP contribution in [-0.4, -0.2) is 36.4 Å². The van der Waals surface area contributed by atoms with Crippen molar-refractivity contribution in [2.45, 2.75) is 19.4 Å². The Hall–Kier alpha value is -1.76. The number of hydrogen-bond donors (Lipinski definition) is 1. The molecule has 102 valence electrons. The Labute approximate surface area is 114 Å². The Bertz CT molecular complexity index is 583. The van der Waals surface area contributed by atoms with Gasteiger partial charge in [0.1, 0.15) is 0 Å². The summed E-state index contributed by atoms with van der Waals surface area (Å²) in [5.41, 5.74) is 7.33. The smallest absolute Gasteiger partial charge is 0.182 e. The van der Waals surface area contributed by atoms with E-state index in [0.717, 1.165) is 12.0 Å². The van der Waals surface area contributed by atoms with Crippen molar-refractivity contribution in [2.24, 2.45) is 0 Å². The monoisotopic (exact) mass is 279 g/mol. The van der Waals surface area contributed by atoms with Gasteiger partial charge in [-0.05, 0) is 35.9 Å². The molecule has 19 heavy (non-hydrogen) atoms. The first-order valence-corrected chi connectivity index (χ1v) is 7.74. The predicted octanol–water partition coefficient (Wildman–Crippen LogP) is 1.25. The minimum atomic E-state index is -0.804. The van der Waals surface area contributed by atoms with E-state index < -0.39 is 10.8 Å². The number of anilines is 1. The summed E-state index contributed by atoms with van der Waals surface area (Å²) >= 11 is 0. The molecule has 0 aliphatic carbocycles. The van der Waals surface area contributed by atoms with Crippen LogP contribution in [0.3, 0.4) is 0 Å². The maximum absolute atomic E-state index is 11.2. The highest BCUT2D eigenvalue weighted by Crippen LogP contribution is 2.22. The van der Waals surface area contributed by atoms with Crippen molar-refractivity contribution in [1.29, 1.82) is 0 Å². The molecule has 0 spiro atoms. The topological polar surface area (TPSA) is 86.7 Å². The van der Waals surface area contributed by atoms with E-state index in [1.54, 1.807) is 10.9 Å². The van der Waals surface area contributed by atoms with Crippen LogP contribution in [0.1, 0.15) is 19.4 Å². The van der Waals surface area contributed by atoms with Crippen molar-refractivity contribution >= 4 is 16.5 Å². The second-order valence-electron chi connectivity index (χ2n) is 4.49. The maximum atomic E-state index is 11.2. The normalized spacial score (nSPS) is 14.2. The van der Waals surface area contributed by atoms with Crippen molar-refractivity contribution in [3.8, 4) is 11.4 Å². The fraction of sp³-hybridized carbons (Fsp3) is 0.417. The highest BCUT2D eigenvalue weighted by molar-refractivity contribution is 7.84. The minimum absolute atomic E-state index is 0.0929. The van der Waals surface area contributed by atoms with Gasteiger partial charge in [-0.2, -0.15) is 0 Å². The van der Waals surface area contributed by atoms with Crippen LogP contribution < -0.4 is 5.73 Å². The molecular weight excluding hydrogens is 262 g/mol. The molecule has 0 aliphatic rings. The van der Waals surface area contributed by atoms with E-state index in [-0.39, 0.29) is 6.04 Å². The van der Waals surface area contributed by atoms with Gasteiger partial charge in [0, 0.05) is 34.1 Å². The molecule has 1 aromatic heterocycles. The van der Waals surface area contributed by atoms with Crippen LogP contribution in [0.15, 0.2) is 24.3 Å². The summed E-state index contributed by atoms with van der Waals surface area (Å²) in [6.07, 6.45) is 2.47. The Morgan fingerprint density at radius 3 is 2.95 bits per heavy atom. The van der Waals surface area contributed by atoms with Crippen molar-refractivity contribution in [3.63, 3.8) is 0 Å². The maximum Gasteiger partial charge on any atom is 0.182 e. The third-order valence-corrected chi connectivity index (χ3v) is 3.69. The molecule has 2 rings (SSSR count). The van der Waals surface area contributed by atoms with E-state index in [1.807, 2.05) is 31.2 Å². The highest BCUT2D eigenvalue weighted by atomic mass is 32.2. The van der Waals surface area contributed by atoms with Crippen LogP contribution >= 0.6 is 0 Å². The van der Waals surface area contributed by atoms with Crippen molar-refractivity contribution in [3.05, 3.63) is 24.3 Å². The number of nitrogens with two attached hydrogens (primary N) is 1. The number of tetrazole rings is 1. The van der Waals surface area contributed by atoms with Gasteiger partial charge in [-0.25, -0.2) is 4.68 Å². The van der Waals surface area contributed by atoms with Crippen molar-refractivity contribution in [1.82, 2.24) is 20.2 Å². The van der Waals surface area contributed by atoms with Gasteiger partial charge in [0.15, 0.2) is 5.82 Å². The number of benzene rings is 1. The van der Waals surface area contributed by atoms with E-state index in [4.69, 9.17) is 5.73 Å². The fourth-order valence-corrected chi connectivity index (χ4v) is 2.49. The lowest BCUT2D eigenvalue weighted by Gasteiger charge is -2.12. The number of nitrogens with zero attached hydrogens (tertiary/aromatic N) is 4. The van der Waals surface area contributed by atoms with Crippen LogP contribution in [0.4, 0.5) is 5.69 Å². The third-order valence-electron chi connectivity index (χ3n) is 2.88. The van der Waals surface area contributed by atoms with Crippen molar-refractivity contribution < 1.29 is 4.21 Å². The molecule has 0 saturated carbocycles. The first kappa shape index (κ1) is 13.7. The molecule has 7 heteroatoms. The Morgan fingerprint density at radius 2 is 2.26 bits per heavy atom. The van der Waals surface area contributed by atoms with Gasteiger partial charge in [0.2, 0.25) is 0 Å². The molecule has 2 atom stereocenters. The number of nitrogen functional groups attached to an aromatic ring is 1. The zero-order valence-corrected chi connectivity index (χ0v) is 11.8. The van der Waals surface area contributed by atoms with Crippen LogP contribution in [0, 0.1) is 0 Å². The second kappa shape index (κ2) is 5.92. The first-order chi connectivity index (χ1) is 9.08. The molecule has 0 fully saturated rings. The Morgan fingerprint density at radius 1 is 1.47 bits per heavy atom. The second-order valence-corrected chi connectivity index (χ2v) is 6.04. The number of rotatable bonds is 5. The molecule has 0 amide bonds. The molecule has 2 aromatic rings. The SMILES string of the molecule is CC(CCS(C)=O)n1nnnc1-c1cccc(N)c1. The molecule has 6 nitrogen and oxygen atoms in total. The molecule has 0 saturated heterocycles. The lowest BCUT2D eigenvalue weighted by atomic mass is 10.2. The lowest BCUT2D eigenvalue weighted by Crippen LogP contribution is -2.12. The third kappa shape index (κ3) is 3.37. The standard InChI is InChI=1S/C12H17N5OS/c1-9(6-7-19(2)18)17-12(14-15-16-17)10-4-3-5-11(13)8-10/h3-5,8-9H,6-7,13H2,1-2H3. The van der Waals surface area contributed by atoms with Crippen LogP contribution in [-0.2, 0) is 10.8 Å². The summed E-state index contributed by atoms with van der Waals surface area (Å²) in [5.74, 6) is 1.32. The molecule has 1 aromatic carbocycles. The first-order valence-electron chi connectivity index (χ1n) is 6.01. The fourth-order valence-electron chi connectivity index (χ4n) is 1.82. The predicted molar refractivity (Wildman–Crippen MR) is 75.9 cm³/mol. The van der Waals surface area contributed by atoms with Gasteiger partial charge in [-0.1, -0.05) is 12.1 Å². The summed E-state index contributed by atoms with van der Waals surface area (Å²) in [5, 5.41) is 11.8. The molecular formula is C12H17N5OS. The van der Waals surface area contributed by atoms with Gasteiger partial charge in [-0.15, -0.1) is 5.10 Å². The summed E-state index contributed by atoms with van der Waals surface area (Å²) in [4.78, 5) is 0. The number of aromatic nitrogens is 4. The summed E-state index contributed by atoms with van der Waals surface area (Å²) in [7, 11) is -0.804. The molecule has 1 heterocycles. The average Bonchev–Trinajstić information content (AvgIpc) is 2.85.